The molecule has 118 valence electrons. The lowest BCUT2D eigenvalue weighted by Crippen LogP contribution is -2.20. The third-order valence-electron chi connectivity index (χ3n) is 4.52. The van der Waals surface area contributed by atoms with Crippen molar-refractivity contribution in [3.63, 3.8) is 0 Å². The predicted octanol–water partition coefficient (Wildman–Crippen LogP) is 2.73. The lowest BCUT2D eigenvalue weighted by atomic mass is 9.88. The minimum atomic E-state index is -0.559. The molecule has 0 saturated carbocycles. The number of phenols is 2. The molecule has 5 nitrogen and oxygen atoms in total. The molecule has 0 unspecified atom stereocenters. The summed E-state index contributed by atoms with van der Waals surface area (Å²) < 4.78 is 10.7. The number of fused-ring (bicyclic) bond motifs is 2. The highest BCUT2D eigenvalue weighted by molar-refractivity contribution is 6.06. The molecule has 1 aliphatic carbocycles. The number of epoxide rings is 1. The quantitative estimate of drug-likeness (QED) is 0.474. The van der Waals surface area contributed by atoms with Crippen LogP contribution >= 0.6 is 0 Å². The fourth-order valence-corrected chi connectivity index (χ4v) is 3.13. The summed E-state index contributed by atoms with van der Waals surface area (Å²) in [6.45, 7) is 3.85. The van der Waals surface area contributed by atoms with Crippen molar-refractivity contribution in [3.05, 3.63) is 28.8 Å². The highest BCUT2D eigenvalue weighted by atomic mass is 16.6. The number of carbonyl (C=O) groups excluding carboxylic acids is 1. The van der Waals surface area contributed by atoms with Crippen molar-refractivity contribution in [2.45, 2.75) is 44.8 Å². The number of hydrogen-bond donors (Lipinski definition) is 2. The first-order valence-corrected chi connectivity index (χ1v) is 7.37. The van der Waals surface area contributed by atoms with Gasteiger partial charge in [-0.05, 0) is 33.1 Å². The van der Waals surface area contributed by atoms with Gasteiger partial charge < -0.3 is 19.7 Å². The third kappa shape index (κ3) is 2.25. The van der Waals surface area contributed by atoms with Gasteiger partial charge >= 0.3 is 0 Å². The molecule has 1 aromatic rings. The molecule has 2 atom stereocenters. The molecule has 0 amide bonds. The number of carbonyl (C=O) groups is 1. The van der Waals surface area contributed by atoms with E-state index in [9.17, 15) is 15.0 Å². The smallest absolute Gasteiger partial charge is 0.198 e. The summed E-state index contributed by atoms with van der Waals surface area (Å²) in [5.41, 5.74) is 1.08. The number of phenolic OH excluding ortho intramolecular Hbond substituents is 2. The summed E-state index contributed by atoms with van der Waals surface area (Å²) in [6, 6.07) is 1.27. The van der Waals surface area contributed by atoms with Gasteiger partial charge in [0.2, 0.25) is 0 Å². The number of aromatic hydroxyl groups is 2. The van der Waals surface area contributed by atoms with Gasteiger partial charge in [-0.25, -0.2) is 0 Å². The van der Waals surface area contributed by atoms with E-state index in [1.165, 1.54) is 13.2 Å². The summed E-state index contributed by atoms with van der Waals surface area (Å²) in [5, 5.41) is 20.6. The molecule has 0 radical (unpaired) electrons. The maximum Gasteiger partial charge on any atom is 0.198 e. The van der Waals surface area contributed by atoms with Crippen LogP contribution in [0.25, 0.3) is 0 Å². The fourth-order valence-electron chi connectivity index (χ4n) is 3.13. The SMILES string of the molecule is COc1cc(O)c2c(c1O)C/C(C)=C\CC[C@@]1(C)O[C@@H]1C2=O. The van der Waals surface area contributed by atoms with Crippen LogP contribution in [0.5, 0.6) is 17.2 Å². The second-order valence-electron chi connectivity index (χ2n) is 6.24. The zero-order valence-corrected chi connectivity index (χ0v) is 13.0. The summed E-state index contributed by atoms with van der Waals surface area (Å²) in [6.07, 6.45) is 3.49. The van der Waals surface area contributed by atoms with Crippen LogP contribution in [0.3, 0.4) is 0 Å². The van der Waals surface area contributed by atoms with E-state index >= 15 is 0 Å². The summed E-state index contributed by atoms with van der Waals surface area (Å²) in [5.74, 6) is -0.392. The topological polar surface area (TPSA) is 79.3 Å². The number of rotatable bonds is 1. The molecular weight excluding hydrogens is 284 g/mol. The highest BCUT2D eigenvalue weighted by Crippen LogP contribution is 2.47. The van der Waals surface area contributed by atoms with E-state index in [2.05, 4.69) is 6.08 Å². The van der Waals surface area contributed by atoms with Gasteiger partial charge in [-0.1, -0.05) is 11.6 Å². The monoisotopic (exact) mass is 304 g/mol. The van der Waals surface area contributed by atoms with Gasteiger partial charge in [0.1, 0.15) is 17.5 Å². The molecule has 5 heteroatoms. The van der Waals surface area contributed by atoms with E-state index < -0.39 is 11.7 Å². The van der Waals surface area contributed by atoms with E-state index in [-0.39, 0.29) is 28.6 Å². The molecule has 1 aliphatic heterocycles. The molecule has 1 saturated heterocycles. The molecule has 1 heterocycles. The number of Topliss-reactive ketones (excluding diaryl/α,β-unsaturated/α-hetero) is 1. The summed E-state index contributed by atoms with van der Waals surface area (Å²) >= 11 is 0. The summed E-state index contributed by atoms with van der Waals surface area (Å²) in [7, 11) is 1.41. The minimum absolute atomic E-state index is 0.0978. The van der Waals surface area contributed by atoms with Gasteiger partial charge in [0.15, 0.2) is 17.3 Å². The Morgan fingerprint density at radius 1 is 1.41 bits per heavy atom. The molecular formula is C17H20O5. The molecule has 0 bridgehead atoms. The first-order chi connectivity index (χ1) is 10.4. The van der Waals surface area contributed by atoms with Crippen molar-refractivity contribution in [2.24, 2.45) is 0 Å². The van der Waals surface area contributed by atoms with Crippen molar-refractivity contribution in [3.8, 4) is 17.2 Å². The van der Waals surface area contributed by atoms with Crippen molar-refractivity contribution in [1.29, 1.82) is 0 Å². The maximum atomic E-state index is 12.7. The fraction of sp³-hybridized carbons (Fsp3) is 0.471. The van der Waals surface area contributed by atoms with Gasteiger partial charge in [-0.15, -0.1) is 0 Å². The number of benzene rings is 1. The Balaban J connectivity index is 2.19. The Labute approximate surface area is 129 Å². The number of methoxy groups -OCH3 is 1. The van der Waals surface area contributed by atoms with Crippen LogP contribution in [-0.4, -0.2) is 34.8 Å². The summed E-state index contributed by atoms with van der Waals surface area (Å²) in [4.78, 5) is 12.7. The largest absolute Gasteiger partial charge is 0.507 e. The standard InChI is InChI=1S/C17H20O5/c1-9-5-4-6-17(2)16(22-17)15(20)13-10(7-9)14(19)12(21-3)8-11(13)18/h5,8,16,18-19H,4,6-7H2,1-3H3/b9-5-/t16-,17-/m1/s1. The second-order valence-corrected chi connectivity index (χ2v) is 6.24. The molecule has 1 fully saturated rings. The van der Waals surface area contributed by atoms with Gasteiger partial charge in [-0.2, -0.15) is 0 Å². The Bertz CT molecular complexity index is 676. The predicted molar refractivity (Wildman–Crippen MR) is 80.6 cm³/mol. The van der Waals surface area contributed by atoms with Crippen LogP contribution in [0.1, 0.15) is 42.6 Å². The average molecular weight is 304 g/mol. The number of ketones is 1. The molecule has 0 spiro atoms. The molecule has 2 N–H and O–H groups in total. The lowest BCUT2D eigenvalue weighted by Gasteiger charge is -2.17. The van der Waals surface area contributed by atoms with Gasteiger partial charge in [-0.3, -0.25) is 4.79 Å². The van der Waals surface area contributed by atoms with Crippen molar-refractivity contribution < 1.29 is 24.5 Å². The molecule has 0 aromatic heterocycles. The molecule has 3 rings (SSSR count). The number of hydrogen-bond acceptors (Lipinski definition) is 5. The normalized spacial score (nSPS) is 29.9. The Hall–Kier alpha value is -2.01. The van der Waals surface area contributed by atoms with E-state index in [4.69, 9.17) is 9.47 Å². The molecule has 22 heavy (non-hydrogen) atoms. The zero-order valence-electron chi connectivity index (χ0n) is 13.0. The van der Waals surface area contributed by atoms with Crippen LogP contribution < -0.4 is 4.74 Å². The maximum absolute atomic E-state index is 12.7. The number of ether oxygens (including phenoxy) is 2. The van der Waals surface area contributed by atoms with E-state index in [0.29, 0.717) is 12.0 Å². The first-order valence-electron chi connectivity index (χ1n) is 7.37. The van der Waals surface area contributed by atoms with Gasteiger partial charge in [0, 0.05) is 11.6 Å². The van der Waals surface area contributed by atoms with Crippen LogP contribution in [-0.2, 0) is 11.2 Å². The van der Waals surface area contributed by atoms with E-state index in [0.717, 1.165) is 18.4 Å². The second kappa shape index (κ2) is 5.02. The van der Waals surface area contributed by atoms with Gasteiger partial charge in [0.05, 0.1) is 12.7 Å². The van der Waals surface area contributed by atoms with Crippen LogP contribution in [0.2, 0.25) is 0 Å². The van der Waals surface area contributed by atoms with Gasteiger partial charge in [0.25, 0.3) is 0 Å². The Morgan fingerprint density at radius 2 is 2.14 bits per heavy atom. The lowest BCUT2D eigenvalue weighted by molar-refractivity contribution is 0.0949. The van der Waals surface area contributed by atoms with Crippen molar-refractivity contribution in [2.75, 3.05) is 7.11 Å². The van der Waals surface area contributed by atoms with Crippen molar-refractivity contribution in [1.82, 2.24) is 0 Å². The first kappa shape index (κ1) is 14.9. The van der Waals surface area contributed by atoms with Crippen molar-refractivity contribution >= 4 is 5.78 Å². The zero-order chi connectivity index (χ0) is 16.1. The highest BCUT2D eigenvalue weighted by Gasteiger charge is 2.57. The van der Waals surface area contributed by atoms with E-state index in [1.807, 2.05) is 13.8 Å². The van der Waals surface area contributed by atoms with Crippen LogP contribution in [0.4, 0.5) is 0 Å². The minimum Gasteiger partial charge on any atom is -0.507 e. The molecule has 1 aromatic carbocycles. The van der Waals surface area contributed by atoms with E-state index in [1.54, 1.807) is 0 Å². The van der Waals surface area contributed by atoms with Crippen LogP contribution in [0, 0.1) is 0 Å². The molecule has 2 aliphatic rings. The third-order valence-corrected chi connectivity index (χ3v) is 4.52. The number of allylic oxidation sites excluding steroid dienone is 2. The Kier molecular flexibility index (Phi) is 3.40. The Morgan fingerprint density at radius 3 is 2.82 bits per heavy atom. The van der Waals surface area contributed by atoms with Crippen LogP contribution in [0.15, 0.2) is 17.7 Å². The average Bonchev–Trinajstić information content (AvgIpc) is 3.13.